The van der Waals surface area contributed by atoms with Crippen LogP contribution in [-0.4, -0.2) is 43.9 Å². The van der Waals surface area contributed by atoms with Crippen molar-refractivity contribution in [1.82, 2.24) is 14.9 Å². The fourth-order valence-corrected chi connectivity index (χ4v) is 2.23. The predicted octanol–water partition coefficient (Wildman–Crippen LogP) is 1.12. The molecule has 0 radical (unpaired) electrons. The zero-order chi connectivity index (χ0) is 12.6. The molecule has 1 aliphatic heterocycles. The Bertz CT molecular complexity index is 464. The number of amides is 1. The van der Waals surface area contributed by atoms with Gasteiger partial charge in [-0.1, -0.05) is 0 Å². The van der Waals surface area contributed by atoms with E-state index >= 15 is 0 Å². The van der Waals surface area contributed by atoms with Crippen molar-refractivity contribution in [3.05, 3.63) is 17.7 Å². The van der Waals surface area contributed by atoms with Gasteiger partial charge in [0.2, 0.25) is 0 Å². The highest BCUT2D eigenvalue weighted by Gasteiger charge is 2.37. The van der Waals surface area contributed by atoms with Gasteiger partial charge in [0, 0.05) is 12.1 Å². The number of imidazole rings is 1. The zero-order valence-corrected chi connectivity index (χ0v) is 9.86. The molecule has 92 valence electrons. The van der Waals surface area contributed by atoms with Crippen LogP contribution in [0.2, 0.25) is 0 Å². The molecule has 2 rings (SSSR count). The number of rotatable bonds is 2. The second-order valence-corrected chi connectivity index (χ2v) is 4.80. The number of carboxylic acid groups (broad SMARTS) is 1. The minimum Gasteiger partial charge on any atom is -0.477 e. The highest BCUT2D eigenvalue weighted by atomic mass is 16.4. The van der Waals surface area contributed by atoms with Crippen molar-refractivity contribution in [2.24, 2.45) is 0 Å². The topological polar surface area (TPSA) is 86.3 Å². The van der Waals surface area contributed by atoms with Crippen molar-refractivity contribution < 1.29 is 14.7 Å². The van der Waals surface area contributed by atoms with Crippen molar-refractivity contribution in [2.45, 2.75) is 32.2 Å². The number of nitrogens with one attached hydrogen (secondary N) is 1. The number of aromatic carboxylic acids is 1. The first-order chi connectivity index (χ1) is 7.93. The van der Waals surface area contributed by atoms with Crippen molar-refractivity contribution in [2.75, 3.05) is 6.54 Å². The first kappa shape index (κ1) is 11.6. The van der Waals surface area contributed by atoms with Crippen LogP contribution in [0.15, 0.2) is 6.33 Å². The number of carbonyl (C=O) groups is 2. The molecule has 0 bridgehead atoms. The van der Waals surface area contributed by atoms with Crippen LogP contribution in [0, 0.1) is 0 Å². The highest BCUT2D eigenvalue weighted by molar-refractivity contribution is 6.02. The molecule has 1 saturated heterocycles. The number of aromatic amines is 1. The fraction of sp³-hybridized carbons (Fsp3) is 0.545. The van der Waals surface area contributed by atoms with Gasteiger partial charge in [0.05, 0.1) is 6.33 Å². The molecule has 2 N–H and O–H groups in total. The van der Waals surface area contributed by atoms with Crippen molar-refractivity contribution >= 4 is 11.9 Å². The molecule has 0 aliphatic carbocycles. The van der Waals surface area contributed by atoms with Crippen LogP contribution in [0.3, 0.4) is 0 Å². The summed E-state index contributed by atoms with van der Waals surface area (Å²) in [5.74, 6) is -1.48. The van der Waals surface area contributed by atoms with Gasteiger partial charge in [0.15, 0.2) is 11.4 Å². The van der Waals surface area contributed by atoms with E-state index in [2.05, 4.69) is 9.97 Å². The van der Waals surface area contributed by atoms with E-state index < -0.39 is 5.97 Å². The lowest BCUT2D eigenvalue weighted by atomic mass is 10.0. The van der Waals surface area contributed by atoms with Crippen LogP contribution in [0.4, 0.5) is 0 Å². The molecule has 17 heavy (non-hydrogen) atoms. The lowest BCUT2D eigenvalue weighted by Crippen LogP contribution is -2.43. The number of nitrogens with zero attached hydrogens (tertiary/aromatic N) is 2. The van der Waals surface area contributed by atoms with Gasteiger partial charge in [-0.25, -0.2) is 9.78 Å². The molecule has 0 unspecified atom stereocenters. The summed E-state index contributed by atoms with van der Waals surface area (Å²) >= 11 is 0. The number of carboxylic acids is 1. The molecule has 6 heteroatoms. The summed E-state index contributed by atoms with van der Waals surface area (Å²) in [6, 6.07) is 0. The minimum atomic E-state index is -1.16. The minimum absolute atomic E-state index is 0.00697. The Morgan fingerprint density at radius 3 is 2.76 bits per heavy atom. The molecule has 1 fully saturated rings. The molecule has 2 heterocycles. The summed E-state index contributed by atoms with van der Waals surface area (Å²) in [4.78, 5) is 31.1. The third kappa shape index (κ3) is 1.90. The summed E-state index contributed by atoms with van der Waals surface area (Å²) in [6.45, 7) is 4.60. The van der Waals surface area contributed by atoms with Crippen molar-refractivity contribution in [1.29, 1.82) is 0 Å². The van der Waals surface area contributed by atoms with Crippen LogP contribution in [-0.2, 0) is 0 Å². The number of hydrogen-bond donors (Lipinski definition) is 2. The van der Waals surface area contributed by atoms with E-state index in [1.807, 2.05) is 13.8 Å². The maximum Gasteiger partial charge on any atom is 0.354 e. The van der Waals surface area contributed by atoms with E-state index in [-0.39, 0.29) is 22.8 Å². The molecule has 0 aromatic carbocycles. The van der Waals surface area contributed by atoms with Crippen LogP contribution in [0.1, 0.15) is 47.7 Å². The van der Waals surface area contributed by atoms with Gasteiger partial charge in [-0.2, -0.15) is 0 Å². The molecule has 0 saturated carbocycles. The molecule has 6 nitrogen and oxygen atoms in total. The Hall–Kier alpha value is -1.85. The maximum absolute atomic E-state index is 12.2. The molecule has 1 aromatic heterocycles. The largest absolute Gasteiger partial charge is 0.477 e. The summed E-state index contributed by atoms with van der Waals surface area (Å²) in [7, 11) is 0. The lowest BCUT2D eigenvalue weighted by molar-refractivity contribution is 0.0618. The van der Waals surface area contributed by atoms with Gasteiger partial charge >= 0.3 is 5.97 Å². The average Bonchev–Trinajstić information content (AvgIpc) is 2.82. The van der Waals surface area contributed by atoms with Gasteiger partial charge in [-0.15, -0.1) is 0 Å². The summed E-state index contributed by atoms with van der Waals surface area (Å²) in [6.07, 6.45) is 3.09. The van der Waals surface area contributed by atoms with Crippen molar-refractivity contribution in [3.63, 3.8) is 0 Å². The Labute approximate surface area is 98.7 Å². The van der Waals surface area contributed by atoms with Gasteiger partial charge in [0.1, 0.15) is 0 Å². The van der Waals surface area contributed by atoms with Gasteiger partial charge in [0.25, 0.3) is 5.91 Å². The van der Waals surface area contributed by atoms with E-state index in [1.54, 1.807) is 4.90 Å². The first-order valence-electron chi connectivity index (χ1n) is 5.52. The number of aromatic nitrogens is 2. The Balaban J connectivity index is 2.31. The number of hydrogen-bond acceptors (Lipinski definition) is 3. The monoisotopic (exact) mass is 237 g/mol. The molecule has 1 aromatic rings. The zero-order valence-electron chi connectivity index (χ0n) is 9.86. The maximum atomic E-state index is 12.2. The normalized spacial score (nSPS) is 18.4. The Morgan fingerprint density at radius 2 is 2.24 bits per heavy atom. The smallest absolute Gasteiger partial charge is 0.354 e. The second kappa shape index (κ2) is 3.87. The Kier molecular flexibility index (Phi) is 2.65. The van der Waals surface area contributed by atoms with E-state index in [4.69, 9.17) is 5.11 Å². The number of likely N-dealkylation sites (tertiary alicyclic amines) is 1. The van der Waals surface area contributed by atoms with Gasteiger partial charge in [-0.05, 0) is 26.7 Å². The summed E-state index contributed by atoms with van der Waals surface area (Å²) in [5, 5.41) is 8.93. The standard InChI is InChI=1S/C11H15N3O3/c1-11(2)4-3-5-14(11)9(15)7-8(10(16)17)13-6-12-7/h6H,3-5H2,1-2H3,(H,12,13)(H,16,17). The molecular weight excluding hydrogens is 222 g/mol. The quantitative estimate of drug-likeness (QED) is 0.807. The summed E-state index contributed by atoms with van der Waals surface area (Å²) < 4.78 is 0. The fourth-order valence-electron chi connectivity index (χ4n) is 2.23. The highest BCUT2D eigenvalue weighted by Crippen LogP contribution is 2.29. The third-order valence-electron chi connectivity index (χ3n) is 3.20. The van der Waals surface area contributed by atoms with Gasteiger partial charge in [-0.3, -0.25) is 4.79 Å². The SMILES string of the molecule is CC1(C)CCCN1C(=O)c1nc[nH]c1C(=O)O. The summed E-state index contributed by atoms with van der Waals surface area (Å²) in [5.41, 5.74) is -0.378. The van der Waals surface area contributed by atoms with Crippen LogP contribution < -0.4 is 0 Å². The molecule has 0 atom stereocenters. The molecular formula is C11H15N3O3. The first-order valence-corrected chi connectivity index (χ1v) is 5.52. The third-order valence-corrected chi connectivity index (χ3v) is 3.20. The number of carbonyl (C=O) groups excluding carboxylic acids is 1. The molecule has 0 spiro atoms. The van der Waals surface area contributed by atoms with Gasteiger partial charge < -0.3 is 15.0 Å². The van der Waals surface area contributed by atoms with E-state index in [9.17, 15) is 9.59 Å². The Morgan fingerprint density at radius 1 is 1.53 bits per heavy atom. The molecule has 1 aliphatic rings. The molecule has 1 amide bonds. The average molecular weight is 237 g/mol. The predicted molar refractivity (Wildman–Crippen MR) is 59.9 cm³/mol. The second-order valence-electron chi connectivity index (χ2n) is 4.80. The van der Waals surface area contributed by atoms with Crippen LogP contribution in [0.25, 0.3) is 0 Å². The van der Waals surface area contributed by atoms with E-state index in [0.717, 1.165) is 12.8 Å². The van der Waals surface area contributed by atoms with E-state index in [0.29, 0.717) is 6.54 Å². The number of H-pyrrole nitrogens is 1. The lowest BCUT2D eigenvalue weighted by Gasteiger charge is -2.31. The van der Waals surface area contributed by atoms with Crippen molar-refractivity contribution in [3.8, 4) is 0 Å². The van der Waals surface area contributed by atoms with E-state index in [1.165, 1.54) is 6.33 Å². The van der Waals surface area contributed by atoms with Crippen LogP contribution >= 0.6 is 0 Å². The van der Waals surface area contributed by atoms with Crippen LogP contribution in [0.5, 0.6) is 0 Å².